The Morgan fingerprint density at radius 1 is 1.50 bits per heavy atom. The molecule has 118 valence electrons. The van der Waals surface area contributed by atoms with Crippen molar-refractivity contribution in [2.24, 2.45) is 0 Å². The average molecular weight is 304 g/mol. The molecule has 0 radical (unpaired) electrons. The standard InChI is InChI=1S/C14H20N6O2/c21-7-14(8-22-5-10-2-1-3-20(10)14)6-15-12-11-4-18-19-13(11)17-9-16-12/h4,9-10,21H,1-3,5-8H2,(H2,15,16,17,18,19)/t10-,14+/m0/s1. The molecule has 2 atom stereocenters. The molecule has 2 saturated heterocycles. The van der Waals surface area contributed by atoms with Crippen molar-refractivity contribution in [2.45, 2.75) is 24.4 Å². The summed E-state index contributed by atoms with van der Waals surface area (Å²) in [4.78, 5) is 10.8. The number of aliphatic hydroxyl groups is 1. The summed E-state index contributed by atoms with van der Waals surface area (Å²) in [5, 5.41) is 21.1. The third-order valence-corrected chi connectivity index (χ3v) is 4.79. The Kier molecular flexibility index (Phi) is 3.44. The molecule has 8 heteroatoms. The molecule has 22 heavy (non-hydrogen) atoms. The van der Waals surface area contributed by atoms with E-state index in [0.717, 1.165) is 37.2 Å². The molecule has 0 bridgehead atoms. The van der Waals surface area contributed by atoms with Gasteiger partial charge in [0.1, 0.15) is 12.1 Å². The predicted octanol–water partition coefficient (Wildman–Crippen LogP) is -0.00950. The Bertz CT molecular complexity index is 662. The Hall–Kier alpha value is -1.77. The lowest BCUT2D eigenvalue weighted by Crippen LogP contribution is -2.64. The maximum atomic E-state index is 10.0. The summed E-state index contributed by atoms with van der Waals surface area (Å²) < 4.78 is 5.76. The van der Waals surface area contributed by atoms with Crippen molar-refractivity contribution in [1.29, 1.82) is 0 Å². The Morgan fingerprint density at radius 2 is 2.45 bits per heavy atom. The third-order valence-electron chi connectivity index (χ3n) is 4.79. The Balaban J connectivity index is 1.57. The molecule has 0 spiro atoms. The van der Waals surface area contributed by atoms with E-state index < -0.39 is 0 Å². The van der Waals surface area contributed by atoms with Crippen LogP contribution >= 0.6 is 0 Å². The topological polar surface area (TPSA) is 99.2 Å². The van der Waals surface area contributed by atoms with Gasteiger partial charge in [0.2, 0.25) is 0 Å². The first-order chi connectivity index (χ1) is 10.8. The van der Waals surface area contributed by atoms with E-state index in [1.807, 2.05) is 0 Å². The number of anilines is 1. The molecule has 3 N–H and O–H groups in total. The SMILES string of the molecule is OC[C@]1(CNc2ncnc3[nH]ncc23)COC[C@@H]2CCCN21. The quantitative estimate of drug-likeness (QED) is 0.730. The monoisotopic (exact) mass is 304 g/mol. The van der Waals surface area contributed by atoms with Gasteiger partial charge in [-0.3, -0.25) is 10.00 Å². The second-order valence-electron chi connectivity index (χ2n) is 6.10. The largest absolute Gasteiger partial charge is 0.394 e. The maximum Gasteiger partial charge on any atom is 0.160 e. The van der Waals surface area contributed by atoms with Gasteiger partial charge < -0.3 is 15.2 Å². The molecule has 0 saturated carbocycles. The summed E-state index contributed by atoms with van der Waals surface area (Å²) in [6.07, 6.45) is 5.51. The van der Waals surface area contributed by atoms with Gasteiger partial charge in [0, 0.05) is 12.6 Å². The van der Waals surface area contributed by atoms with Crippen molar-refractivity contribution in [2.75, 3.05) is 38.2 Å². The summed E-state index contributed by atoms with van der Waals surface area (Å²) in [7, 11) is 0. The molecule has 2 aliphatic rings. The van der Waals surface area contributed by atoms with Crippen LogP contribution in [0.25, 0.3) is 11.0 Å². The number of aromatic nitrogens is 4. The van der Waals surface area contributed by atoms with Gasteiger partial charge in [-0.15, -0.1) is 0 Å². The molecule has 0 unspecified atom stereocenters. The molecule has 4 heterocycles. The number of hydrogen-bond donors (Lipinski definition) is 3. The summed E-state index contributed by atoms with van der Waals surface area (Å²) >= 11 is 0. The molecule has 2 aromatic heterocycles. The van der Waals surface area contributed by atoms with E-state index in [0.29, 0.717) is 24.8 Å². The lowest BCUT2D eigenvalue weighted by molar-refractivity contribution is -0.101. The van der Waals surface area contributed by atoms with Crippen LogP contribution in [0, 0.1) is 0 Å². The molecular formula is C14H20N6O2. The molecule has 8 nitrogen and oxygen atoms in total. The molecule has 0 aromatic carbocycles. The van der Waals surface area contributed by atoms with Gasteiger partial charge in [-0.05, 0) is 19.4 Å². The number of nitrogens with one attached hydrogen (secondary N) is 2. The van der Waals surface area contributed by atoms with Crippen LogP contribution in [0.1, 0.15) is 12.8 Å². The minimum atomic E-state index is -0.388. The highest BCUT2D eigenvalue weighted by Gasteiger charge is 2.45. The highest BCUT2D eigenvalue weighted by atomic mass is 16.5. The summed E-state index contributed by atoms with van der Waals surface area (Å²) in [5.74, 6) is 0.730. The Labute approximate surface area is 127 Å². The van der Waals surface area contributed by atoms with Crippen molar-refractivity contribution in [3.63, 3.8) is 0 Å². The van der Waals surface area contributed by atoms with Crippen LogP contribution in [0.5, 0.6) is 0 Å². The number of H-pyrrole nitrogens is 1. The van der Waals surface area contributed by atoms with Crippen molar-refractivity contribution < 1.29 is 9.84 Å². The number of nitrogens with zero attached hydrogens (tertiary/aromatic N) is 4. The molecule has 4 rings (SSSR count). The molecule has 2 aliphatic heterocycles. The van der Waals surface area contributed by atoms with Crippen molar-refractivity contribution in [1.82, 2.24) is 25.1 Å². The van der Waals surface area contributed by atoms with Gasteiger partial charge in [-0.1, -0.05) is 0 Å². The molecule has 2 aromatic rings. The summed E-state index contributed by atoms with van der Waals surface area (Å²) in [6.45, 7) is 2.96. The smallest absolute Gasteiger partial charge is 0.160 e. The number of aliphatic hydroxyl groups excluding tert-OH is 1. The predicted molar refractivity (Wildman–Crippen MR) is 80.5 cm³/mol. The fraction of sp³-hybridized carbons (Fsp3) is 0.643. The van der Waals surface area contributed by atoms with Crippen LogP contribution in [-0.4, -0.2) is 74.7 Å². The van der Waals surface area contributed by atoms with Crippen molar-refractivity contribution in [3.8, 4) is 0 Å². The van der Waals surface area contributed by atoms with E-state index in [-0.39, 0.29) is 12.1 Å². The maximum absolute atomic E-state index is 10.0. The first kappa shape index (κ1) is 13.9. The minimum absolute atomic E-state index is 0.0656. The number of morpholine rings is 1. The first-order valence-corrected chi connectivity index (χ1v) is 7.66. The van der Waals surface area contributed by atoms with Crippen LogP contribution in [0.3, 0.4) is 0 Å². The molecular weight excluding hydrogens is 284 g/mol. The van der Waals surface area contributed by atoms with Crippen LogP contribution in [0.4, 0.5) is 5.82 Å². The second-order valence-corrected chi connectivity index (χ2v) is 6.10. The Morgan fingerprint density at radius 3 is 3.36 bits per heavy atom. The van der Waals surface area contributed by atoms with E-state index in [1.165, 1.54) is 6.33 Å². The molecule has 0 amide bonds. The lowest BCUT2D eigenvalue weighted by atomic mass is 9.96. The van der Waals surface area contributed by atoms with Crippen LogP contribution in [-0.2, 0) is 4.74 Å². The highest BCUT2D eigenvalue weighted by molar-refractivity contribution is 5.85. The van der Waals surface area contributed by atoms with Crippen molar-refractivity contribution in [3.05, 3.63) is 12.5 Å². The van der Waals surface area contributed by atoms with Gasteiger partial charge in [0.15, 0.2) is 5.65 Å². The van der Waals surface area contributed by atoms with Gasteiger partial charge in [0.25, 0.3) is 0 Å². The summed E-state index contributed by atoms with van der Waals surface area (Å²) in [5.41, 5.74) is 0.315. The van der Waals surface area contributed by atoms with Crippen LogP contribution < -0.4 is 5.32 Å². The lowest BCUT2D eigenvalue weighted by Gasteiger charge is -2.47. The van der Waals surface area contributed by atoms with E-state index in [9.17, 15) is 5.11 Å². The zero-order valence-corrected chi connectivity index (χ0v) is 12.3. The van der Waals surface area contributed by atoms with Crippen molar-refractivity contribution >= 4 is 16.9 Å². The van der Waals surface area contributed by atoms with Gasteiger partial charge >= 0.3 is 0 Å². The zero-order chi connectivity index (χ0) is 15.0. The summed E-state index contributed by atoms with van der Waals surface area (Å²) in [6, 6.07) is 0.419. The van der Waals surface area contributed by atoms with Gasteiger partial charge in [0.05, 0.1) is 36.9 Å². The number of ether oxygens (including phenoxy) is 1. The molecule has 0 aliphatic carbocycles. The fourth-order valence-corrected chi connectivity index (χ4v) is 3.60. The fourth-order valence-electron chi connectivity index (χ4n) is 3.60. The van der Waals surface area contributed by atoms with Crippen LogP contribution in [0.2, 0.25) is 0 Å². The number of hydrogen-bond acceptors (Lipinski definition) is 7. The average Bonchev–Trinajstić information content (AvgIpc) is 3.21. The van der Waals surface area contributed by atoms with Gasteiger partial charge in [-0.2, -0.15) is 5.10 Å². The second kappa shape index (κ2) is 5.45. The normalized spacial score (nSPS) is 28.9. The van der Waals surface area contributed by atoms with E-state index in [4.69, 9.17) is 4.74 Å². The third kappa shape index (κ3) is 2.15. The number of aromatic amines is 1. The number of fused-ring (bicyclic) bond motifs is 2. The molecule has 2 fully saturated rings. The van der Waals surface area contributed by atoms with Gasteiger partial charge in [-0.25, -0.2) is 9.97 Å². The zero-order valence-electron chi connectivity index (χ0n) is 12.3. The first-order valence-electron chi connectivity index (χ1n) is 7.66. The van der Waals surface area contributed by atoms with E-state index in [2.05, 4.69) is 30.4 Å². The highest BCUT2D eigenvalue weighted by Crippen LogP contribution is 2.32. The van der Waals surface area contributed by atoms with E-state index >= 15 is 0 Å². The van der Waals surface area contributed by atoms with Crippen LogP contribution in [0.15, 0.2) is 12.5 Å². The number of rotatable bonds is 4. The minimum Gasteiger partial charge on any atom is -0.394 e. The van der Waals surface area contributed by atoms with E-state index in [1.54, 1.807) is 6.20 Å².